The molecule has 0 aliphatic carbocycles. The molecule has 0 radical (unpaired) electrons. The maximum absolute atomic E-state index is 5.95. The first kappa shape index (κ1) is 19.3. The average molecular weight is 333 g/mol. The Morgan fingerprint density at radius 2 is 1.50 bits per heavy atom. The second kappa shape index (κ2) is 7.88. The molecule has 24 heavy (non-hydrogen) atoms. The molecule has 0 N–H and O–H groups in total. The van der Waals surface area contributed by atoms with E-state index in [2.05, 4.69) is 75.7 Å². The van der Waals surface area contributed by atoms with Crippen LogP contribution < -0.4 is 4.74 Å². The molecule has 0 amide bonds. The number of piperazine rings is 1. The van der Waals surface area contributed by atoms with Crippen molar-refractivity contribution in [3.8, 4) is 5.75 Å². The molecular formula is C21H36N2O. The number of nitrogens with zero attached hydrogens (tertiary/aromatic N) is 2. The Morgan fingerprint density at radius 3 is 2.04 bits per heavy atom. The number of rotatable bonds is 6. The van der Waals surface area contributed by atoms with Crippen molar-refractivity contribution < 1.29 is 4.74 Å². The van der Waals surface area contributed by atoms with Crippen molar-refractivity contribution in [1.29, 1.82) is 0 Å². The van der Waals surface area contributed by atoms with E-state index in [0.717, 1.165) is 45.1 Å². The molecule has 1 aromatic carbocycles. The summed E-state index contributed by atoms with van der Waals surface area (Å²) in [4.78, 5) is 4.87. The summed E-state index contributed by atoms with van der Waals surface area (Å²) in [6, 6.07) is 8.72. The molecule has 2 rings (SSSR count). The third kappa shape index (κ3) is 6.10. The van der Waals surface area contributed by atoms with Gasteiger partial charge in [-0.2, -0.15) is 0 Å². The van der Waals surface area contributed by atoms with Gasteiger partial charge >= 0.3 is 0 Å². The standard InChI is InChI=1S/C21H36N2O/c1-20(2,3)17-21(4,5)18-7-9-19(10-8-18)24-16-15-23-13-11-22(6)12-14-23/h7-10H,11-17H2,1-6H3. The predicted molar refractivity (Wildman–Crippen MR) is 103 cm³/mol. The Kier molecular flexibility index (Phi) is 6.33. The van der Waals surface area contributed by atoms with E-state index in [1.807, 2.05) is 0 Å². The number of hydrogen-bond acceptors (Lipinski definition) is 3. The van der Waals surface area contributed by atoms with E-state index in [4.69, 9.17) is 4.74 Å². The minimum absolute atomic E-state index is 0.191. The van der Waals surface area contributed by atoms with Gasteiger partial charge in [0.2, 0.25) is 0 Å². The first-order chi connectivity index (χ1) is 11.2. The number of hydrogen-bond donors (Lipinski definition) is 0. The maximum atomic E-state index is 5.95. The van der Waals surface area contributed by atoms with Gasteiger partial charge in [0.15, 0.2) is 0 Å². The number of likely N-dealkylation sites (N-methyl/N-ethyl adjacent to an activating group) is 1. The third-order valence-electron chi connectivity index (χ3n) is 4.88. The van der Waals surface area contributed by atoms with Crippen LogP contribution >= 0.6 is 0 Å². The van der Waals surface area contributed by atoms with Gasteiger partial charge in [0.25, 0.3) is 0 Å². The predicted octanol–water partition coefficient (Wildman–Crippen LogP) is 4.03. The SMILES string of the molecule is CN1CCN(CCOc2ccc(C(C)(C)CC(C)(C)C)cc2)CC1. The van der Waals surface area contributed by atoms with E-state index in [1.165, 1.54) is 12.0 Å². The fourth-order valence-corrected chi connectivity index (χ4v) is 3.79. The number of benzene rings is 1. The number of ether oxygens (including phenoxy) is 1. The average Bonchev–Trinajstić information content (AvgIpc) is 2.47. The van der Waals surface area contributed by atoms with Crippen LogP contribution in [0.2, 0.25) is 0 Å². The van der Waals surface area contributed by atoms with Crippen LogP contribution in [0.3, 0.4) is 0 Å². The molecule has 1 heterocycles. The highest BCUT2D eigenvalue weighted by Gasteiger charge is 2.27. The summed E-state index contributed by atoms with van der Waals surface area (Å²) in [5.41, 5.74) is 1.92. The second-order valence-corrected chi connectivity index (χ2v) is 9.14. The lowest BCUT2D eigenvalue weighted by atomic mass is 9.72. The summed E-state index contributed by atoms with van der Waals surface area (Å²) in [6.45, 7) is 18.0. The Bertz CT molecular complexity index is 494. The van der Waals surface area contributed by atoms with E-state index in [9.17, 15) is 0 Å². The van der Waals surface area contributed by atoms with E-state index in [-0.39, 0.29) is 5.41 Å². The van der Waals surface area contributed by atoms with E-state index in [1.54, 1.807) is 0 Å². The van der Waals surface area contributed by atoms with Gasteiger partial charge in [0.05, 0.1) is 0 Å². The smallest absolute Gasteiger partial charge is 0.119 e. The molecule has 0 atom stereocenters. The zero-order chi connectivity index (χ0) is 17.8. The summed E-state index contributed by atoms with van der Waals surface area (Å²) in [5, 5.41) is 0. The van der Waals surface area contributed by atoms with Gasteiger partial charge in [0, 0.05) is 32.7 Å². The van der Waals surface area contributed by atoms with Gasteiger partial charge in [-0.3, -0.25) is 4.90 Å². The van der Waals surface area contributed by atoms with Crippen LogP contribution in [0.5, 0.6) is 5.75 Å². The van der Waals surface area contributed by atoms with Gasteiger partial charge in [-0.25, -0.2) is 0 Å². The minimum Gasteiger partial charge on any atom is -0.492 e. The monoisotopic (exact) mass is 332 g/mol. The van der Waals surface area contributed by atoms with E-state index >= 15 is 0 Å². The second-order valence-electron chi connectivity index (χ2n) is 9.14. The molecule has 3 nitrogen and oxygen atoms in total. The minimum atomic E-state index is 0.191. The Balaban J connectivity index is 1.81. The molecule has 136 valence electrons. The molecule has 1 saturated heterocycles. The highest BCUT2D eigenvalue weighted by Crippen LogP contribution is 2.36. The van der Waals surface area contributed by atoms with Gasteiger partial charge in [0.1, 0.15) is 12.4 Å². The first-order valence-corrected chi connectivity index (χ1v) is 9.30. The molecule has 0 bridgehead atoms. The van der Waals surface area contributed by atoms with Crippen LogP contribution in [0.4, 0.5) is 0 Å². The molecule has 0 spiro atoms. The Morgan fingerprint density at radius 1 is 0.917 bits per heavy atom. The van der Waals surface area contributed by atoms with Crippen molar-refractivity contribution in [2.24, 2.45) is 5.41 Å². The summed E-state index contributed by atoms with van der Waals surface area (Å²) in [6.07, 6.45) is 1.17. The van der Waals surface area contributed by atoms with Crippen molar-refractivity contribution in [2.75, 3.05) is 46.4 Å². The van der Waals surface area contributed by atoms with Crippen LogP contribution in [0, 0.1) is 5.41 Å². The Hall–Kier alpha value is -1.06. The fourth-order valence-electron chi connectivity index (χ4n) is 3.79. The van der Waals surface area contributed by atoms with Crippen molar-refractivity contribution in [3.63, 3.8) is 0 Å². The molecule has 1 aliphatic heterocycles. The quantitative estimate of drug-likeness (QED) is 0.782. The largest absolute Gasteiger partial charge is 0.492 e. The zero-order valence-electron chi connectivity index (χ0n) is 16.6. The van der Waals surface area contributed by atoms with Crippen LogP contribution in [-0.2, 0) is 5.41 Å². The van der Waals surface area contributed by atoms with Crippen molar-refractivity contribution in [2.45, 2.75) is 46.5 Å². The van der Waals surface area contributed by atoms with Crippen LogP contribution in [0.15, 0.2) is 24.3 Å². The fraction of sp³-hybridized carbons (Fsp3) is 0.714. The van der Waals surface area contributed by atoms with Crippen LogP contribution in [0.25, 0.3) is 0 Å². The maximum Gasteiger partial charge on any atom is 0.119 e. The van der Waals surface area contributed by atoms with E-state index < -0.39 is 0 Å². The van der Waals surface area contributed by atoms with E-state index in [0.29, 0.717) is 5.41 Å². The Labute approximate surface area is 149 Å². The summed E-state index contributed by atoms with van der Waals surface area (Å²) in [5.74, 6) is 0.986. The van der Waals surface area contributed by atoms with Gasteiger partial charge in [-0.15, -0.1) is 0 Å². The molecular weight excluding hydrogens is 296 g/mol. The lowest BCUT2D eigenvalue weighted by Crippen LogP contribution is -2.45. The highest BCUT2D eigenvalue weighted by molar-refractivity contribution is 5.31. The first-order valence-electron chi connectivity index (χ1n) is 9.30. The van der Waals surface area contributed by atoms with Crippen LogP contribution in [0.1, 0.15) is 46.6 Å². The van der Waals surface area contributed by atoms with Gasteiger partial charge < -0.3 is 9.64 Å². The van der Waals surface area contributed by atoms with Crippen LogP contribution in [-0.4, -0.2) is 56.2 Å². The zero-order valence-corrected chi connectivity index (χ0v) is 16.6. The summed E-state index contributed by atoms with van der Waals surface area (Å²) >= 11 is 0. The topological polar surface area (TPSA) is 15.7 Å². The normalized spacial score (nSPS) is 17.9. The van der Waals surface area contributed by atoms with Gasteiger partial charge in [-0.05, 0) is 42.0 Å². The van der Waals surface area contributed by atoms with Crippen molar-refractivity contribution >= 4 is 0 Å². The molecule has 0 aromatic heterocycles. The highest BCUT2D eigenvalue weighted by atomic mass is 16.5. The lowest BCUT2D eigenvalue weighted by Gasteiger charge is -2.33. The molecule has 3 heteroatoms. The summed E-state index contributed by atoms with van der Waals surface area (Å²) < 4.78 is 5.95. The van der Waals surface area contributed by atoms with Crippen molar-refractivity contribution in [3.05, 3.63) is 29.8 Å². The van der Waals surface area contributed by atoms with Crippen molar-refractivity contribution in [1.82, 2.24) is 9.80 Å². The van der Waals surface area contributed by atoms with Gasteiger partial charge in [-0.1, -0.05) is 46.8 Å². The molecule has 0 unspecified atom stereocenters. The summed E-state index contributed by atoms with van der Waals surface area (Å²) in [7, 11) is 2.19. The molecule has 1 aliphatic rings. The lowest BCUT2D eigenvalue weighted by molar-refractivity contribution is 0.133. The molecule has 0 saturated carbocycles. The molecule has 1 fully saturated rings. The molecule has 1 aromatic rings. The third-order valence-corrected chi connectivity index (χ3v) is 4.88.